The number of hydrogen-bond acceptors (Lipinski definition) is 6. The monoisotopic (exact) mass is 801 g/mol. The Morgan fingerprint density at radius 2 is 0.684 bits per heavy atom. The standard InChI is InChI=1S/C51H92O6/c1-4-7-10-13-16-19-22-24-25-27-29-32-35-38-41-44-50(53)56-47-48(46-55-49(52)43-40-37-34-31-28-21-18-15-12-9-6-3)57-51(54)45-42-39-36-33-30-26-23-20-17-14-11-8-5-2/h7,10,16,19,24-25,48H,4-6,8-9,11-15,17-18,20-23,26-47H2,1-3H3/b10-7-,19-16-,25-24-/t48-/m1/s1. The van der Waals surface area contributed by atoms with E-state index in [1.165, 1.54) is 116 Å². The second-order valence-corrected chi connectivity index (χ2v) is 16.4. The van der Waals surface area contributed by atoms with Gasteiger partial charge in [-0.15, -0.1) is 0 Å². The minimum absolute atomic E-state index is 0.0739. The number of ether oxygens (including phenoxy) is 3. The molecule has 0 N–H and O–H groups in total. The molecular weight excluding hydrogens is 709 g/mol. The van der Waals surface area contributed by atoms with E-state index in [0.717, 1.165) is 96.3 Å². The normalized spacial score (nSPS) is 12.3. The molecule has 0 fully saturated rings. The number of carbonyl (C=O) groups excluding carboxylic acids is 3. The summed E-state index contributed by atoms with van der Waals surface area (Å²) < 4.78 is 16.7. The zero-order chi connectivity index (χ0) is 41.5. The molecule has 57 heavy (non-hydrogen) atoms. The van der Waals surface area contributed by atoms with Crippen molar-refractivity contribution >= 4 is 17.9 Å². The predicted octanol–water partition coefficient (Wildman–Crippen LogP) is 15.8. The first-order chi connectivity index (χ1) is 28.0. The number of esters is 3. The van der Waals surface area contributed by atoms with Gasteiger partial charge >= 0.3 is 17.9 Å². The Balaban J connectivity index is 4.37. The van der Waals surface area contributed by atoms with E-state index in [9.17, 15) is 14.4 Å². The number of hydrogen-bond donors (Lipinski definition) is 0. The van der Waals surface area contributed by atoms with Gasteiger partial charge in [-0.25, -0.2) is 0 Å². The van der Waals surface area contributed by atoms with Crippen LogP contribution < -0.4 is 0 Å². The molecule has 332 valence electrons. The summed E-state index contributed by atoms with van der Waals surface area (Å²) in [6, 6.07) is 0. The van der Waals surface area contributed by atoms with Crippen molar-refractivity contribution in [1.82, 2.24) is 0 Å². The van der Waals surface area contributed by atoms with E-state index in [1.807, 2.05) is 0 Å². The number of rotatable bonds is 44. The molecule has 1 atom stereocenters. The van der Waals surface area contributed by atoms with E-state index in [-0.39, 0.29) is 31.1 Å². The van der Waals surface area contributed by atoms with Crippen LogP contribution in [0.25, 0.3) is 0 Å². The van der Waals surface area contributed by atoms with Crippen LogP contribution in [0.3, 0.4) is 0 Å². The molecule has 0 aromatic carbocycles. The van der Waals surface area contributed by atoms with Gasteiger partial charge in [0.25, 0.3) is 0 Å². The summed E-state index contributed by atoms with van der Waals surface area (Å²) >= 11 is 0. The molecular formula is C51H92O6. The smallest absolute Gasteiger partial charge is 0.306 e. The summed E-state index contributed by atoms with van der Waals surface area (Å²) in [6.07, 6.45) is 52.6. The van der Waals surface area contributed by atoms with Crippen LogP contribution in [0.1, 0.15) is 252 Å². The van der Waals surface area contributed by atoms with Gasteiger partial charge < -0.3 is 14.2 Å². The highest BCUT2D eigenvalue weighted by molar-refractivity contribution is 5.71. The van der Waals surface area contributed by atoms with Crippen LogP contribution in [0.4, 0.5) is 0 Å². The van der Waals surface area contributed by atoms with Gasteiger partial charge in [-0.2, -0.15) is 0 Å². The van der Waals surface area contributed by atoms with Crippen molar-refractivity contribution in [2.75, 3.05) is 13.2 Å². The number of allylic oxidation sites excluding steroid dienone is 6. The van der Waals surface area contributed by atoms with Crippen LogP contribution in [0.15, 0.2) is 36.5 Å². The lowest BCUT2D eigenvalue weighted by Crippen LogP contribution is -2.30. The molecule has 0 saturated heterocycles. The lowest BCUT2D eigenvalue weighted by Gasteiger charge is -2.18. The molecule has 0 bridgehead atoms. The molecule has 0 aromatic rings. The first-order valence-corrected chi connectivity index (χ1v) is 24.5. The molecule has 0 amide bonds. The van der Waals surface area contributed by atoms with E-state index in [0.29, 0.717) is 19.3 Å². The zero-order valence-corrected chi connectivity index (χ0v) is 37.9. The maximum atomic E-state index is 12.7. The molecule has 0 radical (unpaired) electrons. The first-order valence-electron chi connectivity index (χ1n) is 24.5. The van der Waals surface area contributed by atoms with Crippen LogP contribution in [-0.2, 0) is 28.6 Å². The Kier molecular flexibility index (Phi) is 44.4. The molecule has 0 aliphatic heterocycles. The van der Waals surface area contributed by atoms with Crippen molar-refractivity contribution in [2.45, 2.75) is 258 Å². The number of carbonyl (C=O) groups is 3. The summed E-state index contributed by atoms with van der Waals surface area (Å²) in [4.78, 5) is 37.8. The molecule has 0 unspecified atom stereocenters. The second kappa shape index (κ2) is 46.3. The fourth-order valence-corrected chi connectivity index (χ4v) is 6.99. The van der Waals surface area contributed by atoms with E-state index < -0.39 is 6.10 Å². The molecule has 6 nitrogen and oxygen atoms in total. The van der Waals surface area contributed by atoms with Gasteiger partial charge in [-0.1, -0.05) is 218 Å². The Labute approximate surface area is 353 Å². The molecule has 6 heteroatoms. The first kappa shape index (κ1) is 54.6. The van der Waals surface area contributed by atoms with Crippen LogP contribution in [-0.4, -0.2) is 37.2 Å². The minimum atomic E-state index is -0.772. The average molecular weight is 801 g/mol. The van der Waals surface area contributed by atoms with E-state index >= 15 is 0 Å². The third-order valence-electron chi connectivity index (χ3n) is 10.7. The number of unbranched alkanes of at least 4 members (excludes halogenated alkanes) is 27. The van der Waals surface area contributed by atoms with Crippen LogP contribution >= 0.6 is 0 Å². The van der Waals surface area contributed by atoms with Crippen LogP contribution in [0.2, 0.25) is 0 Å². The maximum absolute atomic E-state index is 12.7. The maximum Gasteiger partial charge on any atom is 0.306 e. The largest absolute Gasteiger partial charge is 0.462 e. The molecule has 0 spiro atoms. The summed E-state index contributed by atoms with van der Waals surface area (Å²) in [5.74, 6) is -0.884. The van der Waals surface area contributed by atoms with Gasteiger partial charge in [-0.3, -0.25) is 14.4 Å². The Morgan fingerprint density at radius 1 is 0.368 bits per heavy atom. The third-order valence-corrected chi connectivity index (χ3v) is 10.7. The van der Waals surface area contributed by atoms with Gasteiger partial charge in [0.15, 0.2) is 6.10 Å². The van der Waals surface area contributed by atoms with Crippen LogP contribution in [0.5, 0.6) is 0 Å². The lowest BCUT2D eigenvalue weighted by atomic mass is 10.0. The van der Waals surface area contributed by atoms with Crippen LogP contribution in [0, 0.1) is 0 Å². The van der Waals surface area contributed by atoms with E-state index in [2.05, 4.69) is 57.2 Å². The molecule has 0 saturated carbocycles. The molecule has 0 aromatic heterocycles. The zero-order valence-electron chi connectivity index (χ0n) is 37.9. The summed E-state index contributed by atoms with van der Waals surface area (Å²) in [6.45, 7) is 6.51. The molecule has 0 rings (SSSR count). The Bertz CT molecular complexity index is 969. The average Bonchev–Trinajstić information content (AvgIpc) is 3.21. The van der Waals surface area contributed by atoms with Crippen molar-refractivity contribution < 1.29 is 28.6 Å². The van der Waals surface area contributed by atoms with Crippen molar-refractivity contribution in [3.63, 3.8) is 0 Å². The predicted molar refractivity (Wildman–Crippen MR) is 242 cm³/mol. The van der Waals surface area contributed by atoms with Crippen molar-refractivity contribution in [3.05, 3.63) is 36.5 Å². The van der Waals surface area contributed by atoms with Crippen molar-refractivity contribution in [1.29, 1.82) is 0 Å². The quantitative estimate of drug-likeness (QED) is 0.0264. The topological polar surface area (TPSA) is 78.9 Å². The van der Waals surface area contributed by atoms with Crippen molar-refractivity contribution in [3.8, 4) is 0 Å². The summed E-state index contributed by atoms with van der Waals surface area (Å²) in [5, 5.41) is 0. The minimum Gasteiger partial charge on any atom is -0.462 e. The fraction of sp³-hybridized carbons (Fsp3) is 0.824. The Morgan fingerprint density at radius 3 is 1.07 bits per heavy atom. The summed E-state index contributed by atoms with van der Waals surface area (Å²) in [5.41, 5.74) is 0. The fourth-order valence-electron chi connectivity index (χ4n) is 6.99. The van der Waals surface area contributed by atoms with E-state index in [1.54, 1.807) is 0 Å². The molecule has 0 aliphatic rings. The highest BCUT2D eigenvalue weighted by atomic mass is 16.6. The van der Waals surface area contributed by atoms with Gasteiger partial charge in [0.1, 0.15) is 13.2 Å². The molecule has 0 aliphatic carbocycles. The Hall–Kier alpha value is -2.37. The van der Waals surface area contributed by atoms with Gasteiger partial charge in [0.2, 0.25) is 0 Å². The van der Waals surface area contributed by atoms with E-state index in [4.69, 9.17) is 14.2 Å². The van der Waals surface area contributed by atoms with Gasteiger partial charge in [-0.05, 0) is 51.4 Å². The van der Waals surface area contributed by atoms with Gasteiger partial charge in [0, 0.05) is 19.3 Å². The SMILES string of the molecule is CC/C=C\C/C=C\C/C=C\CCCCCCCC(=O)OC[C@@H](COC(=O)CCCCCCCCCCCCC)OC(=O)CCCCCCCCCCCCCCC. The van der Waals surface area contributed by atoms with Gasteiger partial charge in [0.05, 0.1) is 0 Å². The molecule has 0 heterocycles. The summed E-state index contributed by atoms with van der Waals surface area (Å²) in [7, 11) is 0. The highest BCUT2D eigenvalue weighted by Crippen LogP contribution is 2.15. The second-order valence-electron chi connectivity index (χ2n) is 16.4. The highest BCUT2D eigenvalue weighted by Gasteiger charge is 2.19. The third kappa shape index (κ3) is 44.6. The lowest BCUT2D eigenvalue weighted by molar-refractivity contribution is -0.167. The van der Waals surface area contributed by atoms with Crippen molar-refractivity contribution in [2.24, 2.45) is 0 Å².